The molecule has 0 amide bonds. The molecule has 2 rings (SSSR count). The molecule has 0 aliphatic rings. The van der Waals surface area contributed by atoms with Crippen molar-refractivity contribution in [3.05, 3.63) is 47.2 Å². The highest BCUT2D eigenvalue weighted by Crippen LogP contribution is 2.18. The molecule has 1 aromatic heterocycles. The van der Waals surface area contributed by atoms with Crippen molar-refractivity contribution in [2.75, 3.05) is 6.54 Å². The maximum absolute atomic E-state index is 5.64. The molecule has 0 radical (unpaired) electrons. The molecule has 1 N–H and O–H groups in total. The summed E-state index contributed by atoms with van der Waals surface area (Å²) in [6.45, 7) is 5.22. The Hall–Kier alpha value is -1.06. The first-order valence-corrected chi connectivity index (χ1v) is 5.56. The van der Waals surface area contributed by atoms with Gasteiger partial charge in [0.2, 0.25) is 0 Å². The smallest absolute Gasteiger partial charge is 0.134 e. The van der Waals surface area contributed by atoms with Crippen LogP contribution in [0.15, 0.2) is 45.8 Å². The van der Waals surface area contributed by atoms with Crippen LogP contribution in [-0.4, -0.2) is 6.54 Å². The van der Waals surface area contributed by atoms with Gasteiger partial charge in [-0.15, -0.1) is 0 Å². The van der Waals surface area contributed by atoms with Crippen LogP contribution in [0.4, 0.5) is 0 Å². The standard InChI is InChI=1S/C12H12BrNO/c1-9(13)7-14-8-11-6-10-4-2-3-5-12(10)15-11/h2-6,14H,1,7-8H2. The normalized spacial score (nSPS) is 10.7. The lowest BCUT2D eigenvalue weighted by Crippen LogP contribution is -2.13. The first kappa shape index (κ1) is 10.5. The molecule has 0 atom stereocenters. The summed E-state index contributed by atoms with van der Waals surface area (Å²) in [5.74, 6) is 0.949. The van der Waals surface area contributed by atoms with E-state index in [1.54, 1.807) is 0 Å². The summed E-state index contributed by atoms with van der Waals surface area (Å²) in [4.78, 5) is 0. The molecule has 0 aliphatic heterocycles. The highest BCUT2D eigenvalue weighted by Gasteiger charge is 2.01. The van der Waals surface area contributed by atoms with Crippen molar-refractivity contribution in [3.8, 4) is 0 Å². The van der Waals surface area contributed by atoms with Crippen molar-refractivity contribution in [1.82, 2.24) is 5.32 Å². The Balaban J connectivity index is 2.05. The molecule has 1 heterocycles. The topological polar surface area (TPSA) is 25.2 Å². The predicted molar refractivity (Wildman–Crippen MR) is 66.0 cm³/mol. The van der Waals surface area contributed by atoms with E-state index in [9.17, 15) is 0 Å². The van der Waals surface area contributed by atoms with Gasteiger partial charge >= 0.3 is 0 Å². The summed E-state index contributed by atoms with van der Waals surface area (Å²) in [5.41, 5.74) is 0.937. The average Bonchev–Trinajstić information content (AvgIpc) is 2.59. The monoisotopic (exact) mass is 265 g/mol. The zero-order chi connectivity index (χ0) is 10.7. The molecule has 3 heteroatoms. The third-order valence-electron chi connectivity index (χ3n) is 2.09. The third kappa shape index (κ3) is 2.70. The van der Waals surface area contributed by atoms with Crippen molar-refractivity contribution in [3.63, 3.8) is 0 Å². The molecule has 0 saturated carbocycles. The van der Waals surface area contributed by atoms with Gasteiger partial charge in [-0.1, -0.05) is 40.7 Å². The highest BCUT2D eigenvalue weighted by atomic mass is 79.9. The molecular formula is C12H12BrNO. The fourth-order valence-corrected chi connectivity index (χ4v) is 1.64. The van der Waals surface area contributed by atoms with E-state index in [0.29, 0.717) is 0 Å². The predicted octanol–water partition coefficient (Wildman–Crippen LogP) is 3.43. The Kier molecular flexibility index (Phi) is 3.23. The number of rotatable bonds is 4. The van der Waals surface area contributed by atoms with Gasteiger partial charge in [0.05, 0.1) is 6.54 Å². The summed E-state index contributed by atoms with van der Waals surface area (Å²) >= 11 is 3.30. The van der Waals surface area contributed by atoms with E-state index < -0.39 is 0 Å². The summed E-state index contributed by atoms with van der Waals surface area (Å²) in [6, 6.07) is 10.1. The second-order valence-corrected chi connectivity index (χ2v) is 4.49. The number of furan rings is 1. The number of hydrogen-bond donors (Lipinski definition) is 1. The Morgan fingerprint density at radius 1 is 1.40 bits per heavy atom. The first-order chi connectivity index (χ1) is 7.25. The minimum Gasteiger partial charge on any atom is -0.460 e. The minimum atomic E-state index is 0.722. The van der Waals surface area contributed by atoms with Crippen LogP contribution in [0.2, 0.25) is 0 Å². The Labute approximate surface area is 97.1 Å². The van der Waals surface area contributed by atoms with E-state index in [1.165, 1.54) is 0 Å². The molecule has 1 aromatic carbocycles. The number of fused-ring (bicyclic) bond motifs is 1. The molecule has 0 fully saturated rings. The molecule has 0 aliphatic carbocycles. The maximum atomic E-state index is 5.64. The van der Waals surface area contributed by atoms with Crippen molar-refractivity contribution < 1.29 is 4.42 Å². The molecule has 15 heavy (non-hydrogen) atoms. The maximum Gasteiger partial charge on any atom is 0.134 e. The van der Waals surface area contributed by atoms with Crippen molar-refractivity contribution in [1.29, 1.82) is 0 Å². The van der Waals surface area contributed by atoms with Gasteiger partial charge in [0.1, 0.15) is 11.3 Å². The number of benzene rings is 1. The van der Waals surface area contributed by atoms with Crippen molar-refractivity contribution in [2.45, 2.75) is 6.54 Å². The fraction of sp³-hybridized carbons (Fsp3) is 0.167. The third-order valence-corrected chi connectivity index (χ3v) is 2.37. The van der Waals surface area contributed by atoms with E-state index in [0.717, 1.165) is 34.3 Å². The Morgan fingerprint density at radius 3 is 2.93 bits per heavy atom. The van der Waals surface area contributed by atoms with Crippen LogP contribution >= 0.6 is 15.9 Å². The van der Waals surface area contributed by atoms with Crippen molar-refractivity contribution in [2.24, 2.45) is 0 Å². The van der Waals surface area contributed by atoms with Crippen LogP contribution in [0.5, 0.6) is 0 Å². The van der Waals surface area contributed by atoms with E-state index >= 15 is 0 Å². The van der Waals surface area contributed by atoms with Crippen LogP contribution in [0.25, 0.3) is 11.0 Å². The summed E-state index contributed by atoms with van der Waals surface area (Å²) in [6.07, 6.45) is 0. The van der Waals surface area contributed by atoms with Gasteiger partial charge in [-0.05, 0) is 12.1 Å². The molecule has 0 bridgehead atoms. The lowest BCUT2D eigenvalue weighted by Gasteiger charge is -1.99. The average molecular weight is 266 g/mol. The second-order valence-electron chi connectivity index (χ2n) is 3.37. The van der Waals surface area contributed by atoms with Gasteiger partial charge in [0, 0.05) is 16.4 Å². The fourth-order valence-electron chi connectivity index (χ4n) is 1.45. The Bertz CT molecular complexity index is 442. The molecule has 78 valence electrons. The minimum absolute atomic E-state index is 0.722. The van der Waals surface area contributed by atoms with Crippen LogP contribution in [0, 0.1) is 0 Å². The number of para-hydroxylation sites is 1. The summed E-state index contributed by atoms with van der Waals surface area (Å²) in [5, 5.41) is 4.37. The van der Waals surface area contributed by atoms with E-state index in [-0.39, 0.29) is 0 Å². The van der Waals surface area contributed by atoms with Gasteiger partial charge in [0.25, 0.3) is 0 Å². The first-order valence-electron chi connectivity index (χ1n) is 4.77. The van der Waals surface area contributed by atoms with Crippen molar-refractivity contribution >= 4 is 26.9 Å². The lowest BCUT2D eigenvalue weighted by molar-refractivity contribution is 0.524. The molecule has 2 aromatic rings. The number of nitrogens with one attached hydrogen (secondary N) is 1. The van der Waals surface area contributed by atoms with Gasteiger partial charge in [-0.3, -0.25) is 0 Å². The van der Waals surface area contributed by atoms with Crippen LogP contribution in [0.1, 0.15) is 5.76 Å². The number of hydrogen-bond acceptors (Lipinski definition) is 2. The van der Waals surface area contributed by atoms with E-state index in [2.05, 4.69) is 33.9 Å². The van der Waals surface area contributed by atoms with Crippen LogP contribution < -0.4 is 5.32 Å². The van der Waals surface area contributed by atoms with Gasteiger partial charge < -0.3 is 9.73 Å². The van der Waals surface area contributed by atoms with Crippen LogP contribution in [0.3, 0.4) is 0 Å². The molecule has 0 saturated heterocycles. The van der Waals surface area contributed by atoms with Gasteiger partial charge in [0.15, 0.2) is 0 Å². The zero-order valence-electron chi connectivity index (χ0n) is 8.29. The molecule has 0 spiro atoms. The lowest BCUT2D eigenvalue weighted by atomic mass is 10.2. The Morgan fingerprint density at radius 2 is 2.20 bits per heavy atom. The summed E-state index contributed by atoms with van der Waals surface area (Å²) in [7, 11) is 0. The number of halogens is 1. The quantitative estimate of drug-likeness (QED) is 0.917. The van der Waals surface area contributed by atoms with Gasteiger partial charge in [-0.2, -0.15) is 0 Å². The highest BCUT2D eigenvalue weighted by molar-refractivity contribution is 9.11. The molecular weight excluding hydrogens is 254 g/mol. The SMILES string of the molecule is C=C(Br)CNCc1cc2ccccc2o1. The molecule has 2 nitrogen and oxygen atoms in total. The second kappa shape index (κ2) is 4.64. The van der Waals surface area contributed by atoms with E-state index in [4.69, 9.17) is 4.42 Å². The zero-order valence-corrected chi connectivity index (χ0v) is 9.88. The largest absolute Gasteiger partial charge is 0.460 e. The van der Waals surface area contributed by atoms with Gasteiger partial charge in [-0.25, -0.2) is 0 Å². The van der Waals surface area contributed by atoms with E-state index in [1.807, 2.05) is 24.3 Å². The summed E-state index contributed by atoms with van der Waals surface area (Å²) < 4.78 is 6.59. The molecule has 0 unspecified atom stereocenters. The van der Waals surface area contributed by atoms with Crippen LogP contribution in [-0.2, 0) is 6.54 Å².